The first-order chi connectivity index (χ1) is 9.54. The molecule has 1 aromatic heterocycles. The van der Waals surface area contributed by atoms with Crippen LogP contribution < -0.4 is 9.47 Å². The van der Waals surface area contributed by atoms with Gasteiger partial charge in [-0.25, -0.2) is 9.97 Å². The quantitative estimate of drug-likeness (QED) is 0.766. The van der Waals surface area contributed by atoms with Gasteiger partial charge in [-0.1, -0.05) is 0 Å². The number of hydrogen-bond donors (Lipinski definition) is 0. The first-order valence-electron chi connectivity index (χ1n) is 5.66. The van der Waals surface area contributed by atoms with Crippen molar-refractivity contribution < 1.29 is 14.3 Å². The van der Waals surface area contributed by atoms with Crippen molar-refractivity contribution >= 4 is 32.8 Å². The lowest BCUT2D eigenvalue weighted by Gasteiger charge is -2.10. The first kappa shape index (κ1) is 14.7. The van der Waals surface area contributed by atoms with Gasteiger partial charge in [-0.3, -0.25) is 4.79 Å². The van der Waals surface area contributed by atoms with Gasteiger partial charge in [0.1, 0.15) is 11.5 Å². The maximum atomic E-state index is 10.9. The Morgan fingerprint density at radius 3 is 2.30 bits per heavy atom. The smallest absolute Gasteiger partial charge is 0.321 e. The lowest BCUT2D eigenvalue weighted by molar-refractivity contribution is -0.117. The Morgan fingerprint density at radius 1 is 1.20 bits per heavy atom. The fourth-order valence-electron chi connectivity index (χ4n) is 1.30. The summed E-state index contributed by atoms with van der Waals surface area (Å²) in [5, 5.41) is -0.548. The monoisotopic (exact) mass is 356 g/mol. The normalized spacial score (nSPS) is 11.8. The van der Waals surface area contributed by atoms with Gasteiger partial charge in [-0.05, 0) is 58.7 Å². The summed E-state index contributed by atoms with van der Waals surface area (Å²) in [5.41, 5.74) is 0. The van der Waals surface area contributed by atoms with Crippen LogP contribution in [0.2, 0.25) is 0 Å². The van der Waals surface area contributed by atoms with E-state index in [0.717, 1.165) is 4.47 Å². The average molecular weight is 358 g/mol. The van der Waals surface area contributed by atoms with E-state index < -0.39 is 11.3 Å². The third kappa shape index (κ3) is 4.18. The average Bonchev–Trinajstić information content (AvgIpc) is 2.43. The van der Waals surface area contributed by atoms with Gasteiger partial charge in [0, 0.05) is 12.4 Å². The van der Waals surface area contributed by atoms with Crippen molar-refractivity contribution in [1.29, 1.82) is 0 Å². The van der Waals surface area contributed by atoms with E-state index in [1.54, 1.807) is 43.6 Å². The number of hydrogen-bond acceptors (Lipinski definition) is 5. The highest BCUT2D eigenvalue weighted by atomic mass is 79.9. The van der Waals surface area contributed by atoms with Gasteiger partial charge in [0.2, 0.25) is 0 Å². The van der Waals surface area contributed by atoms with Crippen molar-refractivity contribution in [2.45, 2.75) is 13.0 Å². The molecular formula is C13H10BrClN2O3. The molecule has 0 radical (unpaired) electrons. The van der Waals surface area contributed by atoms with Crippen LogP contribution in [0.1, 0.15) is 6.92 Å². The molecule has 0 spiro atoms. The Hall–Kier alpha value is -1.66. The number of halogens is 2. The predicted molar refractivity (Wildman–Crippen MR) is 77.2 cm³/mol. The Kier molecular flexibility index (Phi) is 4.92. The van der Waals surface area contributed by atoms with Crippen LogP contribution in [0.5, 0.6) is 17.5 Å². The zero-order valence-corrected chi connectivity index (χ0v) is 12.8. The zero-order chi connectivity index (χ0) is 14.5. The number of benzene rings is 1. The minimum atomic E-state index is -0.696. The van der Waals surface area contributed by atoms with E-state index in [1.165, 1.54) is 0 Å². The summed E-state index contributed by atoms with van der Waals surface area (Å²) in [7, 11) is 0. The number of carbonyl (C=O) groups excluding carboxylic acids is 1. The summed E-state index contributed by atoms with van der Waals surface area (Å²) in [6.45, 7) is 1.58. The SMILES string of the molecule is CC(Oc1ccc(Oc2ncc(Br)cn2)cc1)C(=O)Cl. The van der Waals surface area contributed by atoms with Gasteiger partial charge in [-0.2, -0.15) is 0 Å². The standard InChI is InChI=1S/C13H10BrClN2O3/c1-8(12(15)18)19-10-2-4-11(5-3-10)20-13-16-6-9(14)7-17-13/h2-8H,1H3. The van der Waals surface area contributed by atoms with E-state index in [-0.39, 0.29) is 6.01 Å². The van der Waals surface area contributed by atoms with E-state index >= 15 is 0 Å². The third-order valence-electron chi connectivity index (χ3n) is 2.26. The van der Waals surface area contributed by atoms with Crippen molar-refractivity contribution in [1.82, 2.24) is 9.97 Å². The molecule has 0 aliphatic heterocycles. The topological polar surface area (TPSA) is 61.3 Å². The number of rotatable bonds is 5. The summed E-state index contributed by atoms with van der Waals surface area (Å²) in [5.74, 6) is 1.08. The Labute approximate surface area is 129 Å². The highest BCUT2D eigenvalue weighted by molar-refractivity contribution is 9.10. The molecule has 0 aliphatic carbocycles. The summed E-state index contributed by atoms with van der Waals surface area (Å²) in [6, 6.07) is 6.96. The van der Waals surface area contributed by atoms with Crippen LogP contribution >= 0.6 is 27.5 Å². The zero-order valence-electron chi connectivity index (χ0n) is 10.4. The van der Waals surface area contributed by atoms with Gasteiger partial charge in [-0.15, -0.1) is 0 Å². The van der Waals surface area contributed by atoms with Gasteiger partial charge in [0.25, 0.3) is 5.24 Å². The van der Waals surface area contributed by atoms with Crippen molar-refractivity contribution in [3.8, 4) is 17.5 Å². The Morgan fingerprint density at radius 2 is 1.75 bits per heavy atom. The van der Waals surface area contributed by atoms with Crippen LogP contribution in [0, 0.1) is 0 Å². The van der Waals surface area contributed by atoms with Gasteiger partial charge in [0.05, 0.1) is 4.47 Å². The highest BCUT2D eigenvalue weighted by Gasteiger charge is 2.11. The molecule has 0 saturated carbocycles. The van der Waals surface area contributed by atoms with Crippen molar-refractivity contribution in [3.05, 3.63) is 41.1 Å². The van der Waals surface area contributed by atoms with Crippen molar-refractivity contribution in [2.75, 3.05) is 0 Å². The molecule has 0 aliphatic rings. The molecule has 1 aromatic carbocycles. The molecule has 7 heteroatoms. The largest absolute Gasteiger partial charge is 0.482 e. The van der Waals surface area contributed by atoms with E-state index in [2.05, 4.69) is 25.9 Å². The van der Waals surface area contributed by atoms with E-state index in [0.29, 0.717) is 11.5 Å². The van der Waals surface area contributed by atoms with Gasteiger partial charge >= 0.3 is 6.01 Å². The third-order valence-corrected chi connectivity index (χ3v) is 2.98. The van der Waals surface area contributed by atoms with Crippen LogP contribution in [0.4, 0.5) is 0 Å². The molecule has 0 bridgehead atoms. The van der Waals surface area contributed by atoms with E-state index in [9.17, 15) is 4.79 Å². The number of carbonyl (C=O) groups is 1. The maximum absolute atomic E-state index is 10.9. The minimum absolute atomic E-state index is 0.242. The van der Waals surface area contributed by atoms with Crippen LogP contribution in [-0.4, -0.2) is 21.3 Å². The van der Waals surface area contributed by atoms with Crippen LogP contribution in [0.3, 0.4) is 0 Å². The summed E-state index contributed by atoms with van der Waals surface area (Å²) >= 11 is 8.56. The second-order valence-electron chi connectivity index (χ2n) is 3.82. The molecule has 20 heavy (non-hydrogen) atoms. The molecule has 0 amide bonds. The molecule has 104 valence electrons. The molecule has 1 atom stereocenters. The van der Waals surface area contributed by atoms with Crippen molar-refractivity contribution in [3.63, 3.8) is 0 Å². The molecule has 0 fully saturated rings. The van der Waals surface area contributed by atoms with Crippen molar-refractivity contribution in [2.24, 2.45) is 0 Å². The molecule has 0 saturated heterocycles. The molecule has 2 rings (SSSR count). The molecule has 1 heterocycles. The lowest BCUT2D eigenvalue weighted by atomic mass is 10.3. The fourth-order valence-corrected chi connectivity index (χ4v) is 1.54. The molecule has 1 unspecified atom stereocenters. The second kappa shape index (κ2) is 6.67. The second-order valence-corrected chi connectivity index (χ2v) is 5.11. The first-order valence-corrected chi connectivity index (χ1v) is 6.83. The number of nitrogens with zero attached hydrogens (tertiary/aromatic N) is 2. The highest BCUT2D eigenvalue weighted by Crippen LogP contribution is 2.22. The van der Waals surface area contributed by atoms with E-state index in [4.69, 9.17) is 21.1 Å². The number of aromatic nitrogens is 2. The number of ether oxygens (including phenoxy) is 2. The fraction of sp³-hybridized carbons (Fsp3) is 0.154. The molecular weight excluding hydrogens is 348 g/mol. The molecule has 2 aromatic rings. The Balaban J connectivity index is 2.01. The Bertz CT molecular complexity index is 590. The van der Waals surface area contributed by atoms with Crippen LogP contribution in [0.25, 0.3) is 0 Å². The van der Waals surface area contributed by atoms with Gasteiger partial charge in [0.15, 0.2) is 6.10 Å². The summed E-state index contributed by atoms with van der Waals surface area (Å²) in [4.78, 5) is 18.9. The maximum Gasteiger partial charge on any atom is 0.321 e. The van der Waals surface area contributed by atoms with E-state index in [1.807, 2.05) is 0 Å². The summed E-state index contributed by atoms with van der Waals surface area (Å²) < 4.78 is 11.5. The summed E-state index contributed by atoms with van der Waals surface area (Å²) in [6.07, 6.45) is 2.49. The minimum Gasteiger partial charge on any atom is -0.482 e. The van der Waals surface area contributed by atoms with Crippen LogP contribution in [-0.2, 0) is 4.79 Å². The molecule has 0 N–H and O–H groups in total. The predicted octanol–water partition coefficient (Wildman–Crippen LogP) is 3.56. The van der Waals surface area contributed by atoms with Crippen LogP contribution in [0.15, 0.2) is 41.1 Å². The van der Waals surface area contributed by atoms with Gasteiger partial charge < -0.3 is 9.47 Å². The molecule has 5 nitrogen and oxygen atoms in total. The lowest BCUT2D eigenvalue weighted by Crippen LogP contribution is -2.18.